The first-order valence-corrected chi connectivity index (χ1v) is 9.30. The van der Waals surface area contributed by atoms with Gasteiger partial charge in [-0.3, -0.25) is 4.79 Å². The zero-order chi connectivity index (χ0) is 17.5. The zero-order valence-electron chi connectivity index (χ0n) is 13.2. The van der Waals surface area contributed by atoms with Gasteiger partial charge in [0.05, 0.1) is 27.1 Å². The summed E-state index contributed by atoms with van der Waals surface area (Å²) in [5, 5.41) is 4.00. The fourth-order valence-corrected chi connectivity index (χ4v) is 3.15. The minimum Gasteiger partial charge on any atom is -0.496 e. The molecule has 0 saturated carbocycles. The van der Waals surface area contributed by atoms with Crippen LogP contribution < -0.4 is 14.9 Å². The van der Waals surface area contributed by atoms with E-state index < -0.39 is 0 Å². The number of amides is 1. The minimum atomic E-state index is -0.290. The van der Waals surface area contributed by atoms with Crippen molar-refractivity contribution in [3.63, 3.8) is 0 Å². The summed E-state index contributed by atoms with van der Waals surface area (Å²) >= 11 is 4.36. The van der Waals surface area contributed by atoms with E-state index >= 15 is 0 Å². The lowest BCUT2D eigenvalue weighted by molar-refractivity contribution is 0.0954. The van der Waals surface area contributed by atoms with Gasteiger partial charge < -0.3 is 9.47 Å². The normalized spacial score (nSPS) is 10.7. The van der Waals surface area contributed by atoms with Crippen LogP contribution in [0.15, 0.2) is 41.5 Å². The van der Waals surface area contributed by atoms with E-state index in [2.05, 4.69) is 55.7 Å². The predicted molar refractivity (Wildman–Crippen MR) is 111 cm³/mol. The van der Waals surface area contributed by atoms with Crippen LogP contribution >= 0.6 is 45.2 Å². The number of carbonyl (C=O) groups excluding carboxylic acids is 1. The number of carbonyl (C=O) groups is 1. The number of hydrazone groups is 1. The summed E-state index contributed by atoms with van der Waals surface area (Å²) in [5.74, 6) is 1.21. The molecule has 0 atom stereocenters. The summed E-state index contributed by atoms with van der Waals surface area (Å²) in [5.41, 5.74) is 3.89. The lowest BCUT2D eigenvalue weighted by atomic mass is 10.2. The Labute approximate surface area is 168 Å². The Morgan fingerprint density at radius 3 is 2.62 bits per heavy atom. The first-order valence-electron chi connectivity index (χ1n) is 7.14. The highest BCUT2D eigenvalue weighted by Gasteiger charge is 2.08. The molecule has 5 nitrogen and oxygen atoms in total. The average Bonchev–Trinajstić information content (AvgIpc) is 2.57. The molecule has 0 fully saturated rings. The fraction of sp³-hybridized carbons (Fsp3) is 0.176. The van der Waals surface area contributed by atoms with Crippen LogP contribution in [-0.2, 0) is 0 Å². The van der Waals surface area contributed by atoms with Gasteiger partial charge in [-0.25, -0.2) is 5.43 Å². The van der Waals surface area contributed by atoms with Crippen molar-refractivity contribution in [3.05, 3.63) is 54.7 Å². The van der Waals surface area contributed by atoms with E-state index in [1.165, 1.54) is 0 Å². The van der Waals surface area contributed by atoms with Gasteiger partial charge in [-0.2, -0.15) is 5.10 Å². The van der Waals surface area contributed by atoms with Crippen molar-refractivity contribution >= 4 is 57.3 Å². The molecule has 7 heteroatoms. The third-order valence-electron chi connectivity index (χ3n) is 3.05. The summed E-state index contributed by atoms with van der Waals surface area (Å²) in [6.45, 7) is 2.57. The first-order chi connectivity index (χ1) is 11.5. The minimum absolute atomic E-state index is 0.290. The Balaban J connectivity index is 2.03. The van der Waals surface area contributed by atoms with Crippen LogP contribution in [0.2, 0.25) is 0 Å². The van der Waals surface area contributed by atoms with Crippen LogP contribution in [-0.4, -0.2) is 25.8 Å². The van der Waals surface area contributed by atoms with Gasteiger partial charge in [-0.15, -0.1) is 0 Å². The van der Waals surface area contributed by atoms with Crippen LogP contribution in [0.3, 0.4) is 0 Å². The van der Waals surface area contributed by atoms with Crippen LogP contribution in [0.4, 0.5) is 0 Å². The Bertz CT molecular complexity index is 763. The van der Waals surface area contributed by atoms with Gasteiger partial charge in [0.15, 0.2) is 0 Å². The van der Waals surface area contributed by atoms with Crippen LogP contribution in [0.1, 0.15) is 22.8 Å². The number of benzene rings is 2. The Morgan fingerprint density at radius 1 is 1.17 bits per heavy atom. The molecule has 1 N–H and O–H groups in total. The van der Waals surface area contributed by atoms with Gasteiger partial charge in [0.25, 0.3) is 5.91 Å². The van der Waals surface area contributed by atoms with Crippen molar-refractivity contribution in [2.24, 2.45) is 5.10 Å². The van der Waals surface area contributed by atoms with Crippen molar-refractivity contribution < 1.29 is 14.3 Å². The highest BCUT2D eigenvalue weighted by atomic mass is 127. The molecule has 2 rings (SSSR count). The van der Waals surface area contributed by atoms with Crippen molar-refractivity contribution in [2.75, 3.05) is 13.7 Å². The molecule has 0 aromatic heterocycles. The van der Waals surface area contributed by atoms with Crippen LogP contribution in [0.25, 0.3) is 0 Å². The number of ether oxygens (including phenoxy) is 2. The zero-order valence-corrected chi connectivity index (χ0v) is 17.5. The Morgan fingerprint density at radius 2 is 1.96 bits per heavy atom. The number of rotatable bonds is 6. The standard InChI is InChI=1S/C17H16I2N2O3/c1-3-24-15-7-4-11(8-14(15)19)10-20-21-17(22)12-5-6-13(18)16(9-12)23-2/h4-10H,3H2,1-2H3,(H,21,22)/b20-10-. The molecule has 0 aliphatic heterocycles. The molecule has 1 amide bonds. The van der Waals surface area contributed by atoms with E-state index in [0.717, 1.165) is 18.5 Å². The molecule has 0 saturated heterocycles. The number of hydrogen-bond acceptors (Lipinski definition) is 4. The summed E-state index contributed by atoms with van der Waals surface area (Å²) < 4.78 is 12.6. The van der Waals surface area contributed by atoms with Gasteiger partial charge in [0.1, 0.15) is 11.5 Å². The van der Waals surface area contributed by atoms with Gasteiger partial charge in [0.2, 0.25) is 0 Å². The molecule has 0 unspecified atom stereocenters. The van der Waals surface area contributed by atoms with E-state index in [-0.39, 0.29) is 5.91 Å². The third kappa shape index (κ3) is 5.07. The second-order valence-electron chi connectivity index (χ2n) is 4.67. The largest absolute Gasteiger partial charge is 0.496 e. The first kappa shape index (κ1) is 19.0. The van der Waals surface area contributed by atoms with E-state index in [0.29, 0.717) is 17.9 Å². The topological polar surface area (TPSA) is 59.9 Å². The molecular formula is C17H16I2N2O3. The monoisotopic (exact) mass is 550 g/mol. The van der Waals surface area contributed by atoms with Crippen molar-refractivity contribution in [2.45, 2.75) is 6.92 Å². The van der Waals surface area contributed by atoms with Gasteiger partial charge in [0, 0.05) is 5.56 Å². The smallest absolute Gasteiger partial charge is 0.271 e. The van der Waals surface area contributed by atoms with Crippen LogP contribution in [0.5, 0.6) is 11.5 Å². The predicted octanol–water partition coefficient (Wildman–Crippen LogP) is 4.07. The summed E-state index contributed by atoms with van der Waals surface area (Å²) in [6, 6.07) is 11.0. The molecule has 0 aliphatic rings. The average molecular weight is 550 g/mol. The van der Waals surface area contributed by atoms with Crippen LogP contribution in [0, 0.1) is 7.14 Å². The van der Waals surface area contributed by atoms with E-state index in [9.17, 15) is 4.79 Å². The van der Waals surface area contributed by atoms with Crippen molar-refractivity contribution in [1.82, 2.24) is 5.43 Å². The molecule has 0 spiro atoms. The maximum Gasteiger partial charge on any atom is 0.271 e. The van der Waals surface area contributed by atoms with Gasteiger partial charge in [-0.05, 0) is 94.1 Å². The molecule has 126 valence electrons. The fourth-order valence-electron chi connectivity index (χ4n) is 1.90. The Hall–Kier alpha value is -1.36. The quantitative estimate of drug-likeness (QED) is 0.336. The number of methoxy groups -OCH3 is 1. The summed E-state index contributed by atoms with van der Waals surface area (Å²) in [6.07, 6.45) is 1.60. The molecule has 0 radical (unpaired) electrons. The van der Waals surface area contributed by atoms with E-state index in [1.807, 2.05) is 31.2 Å². The maximum absolute atomic E-state index is 12.1. The second-order valence-corrected chi connectivity index (χ2v) is 7.00. The van der Waals surface area contributed by atoms with Crippen molar-refractivity contribution in [1.29, 1.82) is 0 Å². The third-order valence-corrected chi connectivity index (χ3v) is 4.78. The number of hydrogen-bond donors (Lipinski definition) is 1. The Kier molecular flexibility index (Phi) is 7.28. The molecule has 2 aromatic carbocycles. The number of nitrogens with one attached hydrogen (secondary N) is 1. The number of nitrogens with zero attached hydrogens (tertiary/aromatic N) is 1. The molecule has 0 bridgehead atoms. The highest BCUT2D eigenvalue weighted by Crippen LogP contribution is 2.22. The second kappa shape index (κ2) is 9.21. The highest BCUT2D eigenvalue weighted by molar-refractivity contribution is 14.1. The summed E-state index contributed by atoms with van der Waals surface area (Å²) in [4.78, 5) is 12.1. The molecule has 24 heavy (non-hydrogen) atoms. The van der Waals surface area contributed by atoms with Gasteiger partial charge in [-0.1, -0.05) is 0 Å². The molecule has 2 aromatic rings. The lowest BCUT2D eigenvalue weighted by Gasteiger charge is -2.06. The summed E-state index contributed by atoms with van der Waals surface area (Å²) in [7, 11) is 1.57. The van der Waals surface area contributed by atoms with E-state index in [4.69, 9.17) is 9.47 Å². The molecular weight excluding hydrogens is 534 g/mol. The number of halogens is 2. The van der Waals surface area contributed by atoms with E-state index in [1.54, 1.807) is 25.5 Å². The SMILES string of the molecule is CCOc1ccc(/C=N\NC(=O)c2ccc(I)c(OC)c2)cc1I. The lowest BCUT2D eigenvalue weighted by Crippen LogP contribution is -2.17. The van der Waals surface area contributed by atoms with Gasteiger partial charge >= 0.3 is 0 Å². The molecule has 0 heterocycles. The molecule has 0 aliphatic carbocycles. The van der Waals surface area contributed by atoms with Crippen molar-refractivity contribution in [3.8, 4) is 11.5 Å². The maximum atomic E-state index is 12.1.